The molecule has 1 aromatic carbocycles. The molecule has 0 saturated heterocycles. The van der Waals surface area contributed by atoms with Gasteiger partial charge in [0, 0.05) is 11.5 Å². The minimum Gasteiger partial charge on any atom is -0.496 e. The van der Waals surface area contributed by atoms with Crippen LogP contribution < -0.4 is 10.4 Å². The van der Waals surface area contributed by atoms with Crippen molar-refractivity contribution in [3.63, 3.8) is 0 Å². The Hall–Kier alpha value is -1.85. The molecular weight excluding hydrogens is 260 g/mol. The van der Waals surface area contributed by atoms with Gasteiger partial charge in [0.25, 0.3) is 0 Å². The molecule has 0 amide bonds. The van der Waals surface area contributed by atoms with E-state index in [-0.39, 0.29) is 11.5 Å². The molecule has 20 heavy (non-hydrogen) atoms. The van der Waals surface area contributed by atoms with Gasteiger partial charge in [0.2, 0.25) is 0 Å². The van der Waals surface area contributed by atoms with Crippen molar-refractivity contribution in [3.8, 4) is 5.75 Å². The summed E-state index contributed by atoms with van der Waals surface area (Å²) in [6, 6.07) is 6.32. The molecular formula is C15H18O5. The third-order valence-corrected chi connectivity index (χ3v) is 3.31. The third kappa shape index (κ3) is 2.55. The SMILES string of the molecule is COc1ccc2ccc(=O)oc2c1C(O)C(O)C(C)C. The van der Waals surface area contributed by atoms with Crippen molar-refractivity contribution >= 4 is 11.0 Å². The van der Waals surface area contributed by atoms with Crippen LogP contribution in [0.3, 0.4) is 0 Å². The standard InChI is InChI=1S/C15H18O5/c1-8(2)13(17)14(18)12-10(19-3)6-4-9-5-7-11(16)20-15(9)12/h4-8,13-14,17-18H,1-3H3. The first-order valence-corrected chi connectivity index (χ1v) is 6.42. The molecule has 0 aliphatic heterocycles. The van der Waals surface area contributed by atoms with Crippen molar-refractivity contribution in [1.82, 2.24) is 0 Å². The summed E-state index contributed by atoms with van der Waals surface area (Å²) < 4.78 is 10.4. The molecule has 0 fully saturated rings. The van der Waals surface area contributed by atoms with Crippen molar-refractivity contribution in [2.24, 2.45) is 5.92 Å². The predicted octanol–water partition coefficient (Wildman–Crippen LogP) is 1.85. The maximum absolute atomic E-state index is 11.4. The van der Waals surface area contributed by atoms with Crippen LogP contribution in [-0.4, -0.2) is 23.4 Å². The number of hydrogen-bond donors (Lipinski definition) is 2. The van der Waals surface area contributed by atoms with E-state index in [2.05, 4.69) is 0 Å². The highest BCUT2D eigenvalue weighted by atomic mass is 16.5. The Labute approximate surface area is 116 Å². The van der Waals surface area contributed by atoms with Gasteiger partial charge in [0.05, 0.1) is 18.8 Å². The molecule has 0 saturated carbocycles. The topological polar surface area (TPSA) is 79.9 Å². The van der Waals surface area contributed by atoms with Crippen LogP contribution in [0.1, 0.15) is 25.5 Å². The second-order valence-electron chi connectivity index (χ2n) is 5.03. The smallest absolute Gasteiger partial charge is 0.336 e. The highest BCUT2D eigenvalue weighted by Crippen LogP contribution is 2.35. The molecule has 2 unspecified atom stereocenters. The average molecular weight is 278 g/mol. The zero-order valence-electron chi connectivity index (χ0n) is 11.7. The number of fused-ring (bicyclic) bond motifs is 1. The van der Waals surface area contributed by atoms with Crippen molar-refractivity contribution < 1.29 is 19.4 Å². The van der Waals surface area contributed by atoms with Gasteiger partial charge >= 0.3 is 5.63 Å². The highest BCUT2D eigenvalue weighted by Gasteiger charge is 2.27. The van der Waals surface area contributed by atoms with E-state index in [0.717, 1.165) is 0 Å². The molecule has 2 aromatic rings. The van der Waals surface area contributed by atoms with Gasteiger partial charge in [-0.25, -0.2) is 4.79 Å². The van der Waals surface area contributed by atoms with E-state index in [9.17, 15) is 15.0 Å². The molecule has 2 rings (SSSR count). The first-order chi connectivity index (χ1) is 9.45. The number of benzene rings is 1. The van der Waals surface area contributed by atoms with Gasteiger partial charge in [-0.3, -0.25) is 0 Å². The van der Waals surface area contributed by atoms with E-state index >= 15 is 0 Å². The Morgan fingerprint density at radius 3 is 2.40 bits per heavy atom. The summed E-state index contributed by atoms with van der Waals surface area (Å²) in [5.74, 6) is 0.222. The fourth-order valence-electron chi connectivity index (χ4n) is 2.13. The third-order valence-electron chi connectivity index (χ3n) is 3.31. The van der Waals surface area contributed by atoms with Crippen LogP contribution in [0.15, 0.2) is 33.5 Å². The molecule has 108 valence electrons. The van der Waals surface area contributed by atoms with Crippen LogP contribution in [0.25, 0.3) is 11.0 Å². The van der Waals surface area contributed by atoms with E-state index in [1.54, 1.807) is 32.0 Å². The van der Waals surface area contributed by atoms with Gasteiger partial charge in [-0.05, 0) is 24.1 Å². The number of hydrogen-bond acceptors (Lipinski definition) is 5. The lowest BCUT2D eigenvalue weighted by Crippen LogP contribution is -2.24. The minimum atomic E-state index is -1.20. The molecule has 0 radical (unpaired) electrons. The lowest BCUT2D eigenvalue weighted by molar-refractivity contribution is -0.0102. The zero-order chi connectivity index (χ0) is 14.9. The summed E-state index contributed by atoms with van der Waals surface area (Å²) in [6.07, 6.45) is -2.18. The van der Waals surface area contributed by atoms with Gasteiger partial charge in [-0.1, -0.05) is 13.8 Å². The normalized spacial score (nSPS) is 14.5. The van der Waals surface area contributed by atoms with Gasteiger partial charge in [0.15, 0.2) is 0 Å². The number of rotatable bonds is 4. The lowest BCUT2D eigenvalue weighted by atomic mass is 9.94. The summed E-state index contributed by atoms with van der Waals surface area (Å²) in [5.41, 5.74) is 0.0196. The van der Waals surface area contributed by atoms with E-state index in [1.807, 2.05) is 0 Å². The Balaban J connectivity index is 2.70. The monoisotopic (exact) mass is 278 g/mol. The van der Waals surface area contributed by atoms with Crippen molar-refractivity contribution in [1.29, 1.82) is 0 Å². The summed E-state index contributed by atoms with van der Waals surface area (Å²) in [7, 11) is 1.46. The molecule has 1 heterocycles. The molecule has 1 aromatic heterocycles. The van der Waals surface area contributed by atoms with Crippen molar-refractivity contribution in [2.45, 2.75) is 26.1 Å². The lowest BCUT2D eigenvalue weighted by Gasteiger charge is -2.23. The summed E-state index contributed by atoms with van der Waals surface area (Å²) in [5, 5.41) is 21.1. The number of ether oxygens (including phenoxy) is 1. The first-order valence-electron chi connectivity index (χ1n) is 6.42. The van der Waals surface area contributed by atoms with Gasteiger partial charge in [-0.2, -0.15) is 0 Å². The van der Waals surface area contributed by atoms with Crippen LogP contribution >= 0.6 is 0 Å². The first kappa shape index (κ1) is 14.6. The largest absolute Gasteiger partial charge is 0.496 e. The second-order valence-corrected chi connectivity index (χ2v) is 5.03. The Bertz CT molecular complexity index is 659. The fraction of sp³-hybridized carbons (Fsp3) is 0.400. The van der Waals surface area contributed by atoms with Crippen molar-refractivity contribution in [3.05, 3.63) is 40.2 Å². The number of aliphatic hydroxyl groups is 2. The predicted molar refractivity (Wildman–Crippen MR) is 74.8 cm³/mol. The van der Waals surface area contributed by atoms with E-state index in [4.69, 9.17) is 9.15 Å². The summed E-state index contributed by atoms with van der Waals surface area (Å²) in [6.45, 7) is 3.59. The van der Waals surface area contributed by atoms with E-state index in [0.29, 0.717) is 16.7 Å². The summed E-state index contributed by atoms with van der Waals surface area (Å²) >= 11 is 0. The van der Waals surface area contributed by atoms with Crippen molar-refractivity contribution in [2.75, 3.05) is 7.11 Å². The molecule has 5 heteroatoms. The quantitative estimate of drug-likeness (QED) is 0.834. The molecule has 2 N–H and O–H groups in total. The maximum Gasteiger partial charge on any atom is 0.336 e. The molecule has 0 aliphatic rings. The molecule has 0 aliphatic carbocycles. The molecule has 0 spiro atoms. The van der Waals surface area contributed by atoms with Crippen LogP contribution in [0, 0.1) is 5.92 Å². The fourth-order valence-corrected chi connectivity index (χ4v) is 2.13. The Morgan fingerprint density at radius 2 is 1.80 bits per heavy atom. The van der Waals surface area contributed by atoms with E-state index in [1.165, 1.54) is 13.2 Å². The number of aliphatic hydroxyl groups excluding tert-OH is 2. The Morgan fingerprint density at radius 1 is 1.15 bits per heavy atom. The zero-order valence-corrected chi connectivity index (χ0v) is 11.7. The number of methoxy groups -OCH3 is 1. The van der Waals surface area contributed by atoms with Crippen LogP contribution in [0.4, 0.5) is 0 Å². The van der Waals surface area contributed by atoms with Gasteiger partial charge in [-0.15, -0.1) is 0 Å². The second kappa shape index (κ2) is 5.64. The van der Waals surface area contributed by atoms with Gasteiger partial charge < -0.3 is 19.4 Å². The molecule has 5 nitrogen and oxygen atoms in total. The van der Waals surface area contributed by atoms with E-state index < -0.39 is 17.8 Å². The molecule has 0 bridgehead atoms. The van der Waals surface area contributed by atoms with Gasteiger partial charge in [0.1, 0.15) is 17.4 Å². The summed E-state index contributed by atoms with van der Waals surface area (Å²) in [4.78, 5) is 11.4. The highest BCUT2D eigenvalue weighted by molar-refractivity contribution is 5.82. The van der Waals surface area contributed by atoms with Crippen LogP contribution in [0.2, 0.25) is 0 Å². The Kier molecular flexibility index (Phi) is 4.11. The van der Waals surface area contributed by atoms with Crippen LogP contribution in [-0.2, 0) is 0 Å². The van der Waals surface area contributed by atoms with Crippen LogP contribution in [0.5, 0.6) is 5.75 Å². The maximum atomic E-state index is 11.4. The average Bonchev–Trinajstić information content (AvgIpc) is 2.44. The molecule has 2 atom stereocenters. The minimum absolute atomic E-state index is 0.152.